The fourth-order valence-corrected chi connectivity index (χ4v) is 4.70. The van der Waals surface area contributed by atoms with Gasteiger partial charge < -0.3 is 14.2 Å². The Kier molecular flexibility index (Phi) is 9.64. The summed E-state index contributed by atoms with van der Waals surface area (Å²) in [4.78, 5) is 26.1. The monoisotopic (exact) mass is 515 g/mol. The normalized spacial score (nSPS) is 15.3. The Morgan fingerprint density at radius 3 is 2.63 bits per heavy atom. The van der Waals surface area contributed by atoms with Crippen LogP contribution in [0.3, 0.4) is 0 Å². The van der Waals surface area contributed by atoms with E-state index in [0.717, 1.165) is 29.3 Å². The molecule has 9 heteroatoms. The quantitative estimate of drug-likeness (QED) is 0.184. The Morgan fingerprint density at radius 1 is 1.27 bits per heavy atom. The maximum atomic E-state index is 12.8. The third-order valence-corrected chi connectivity index (χ3v) is 6.23. The summed E-state index contributed by atoms with van der Waals surface area (Å²) in [5.41, 5.74) is 0.813. The third-order valence-electron chi connectivity index (χ3n) is 4.27. The molecule has 0 radical (unpaired) electrons. The average molecular weight is 516 g/mol. The standard InChI is InChI=1S/C21H26BrNO5S2/c1-13(2)28-19-15(22)10-14(11-16(19)26-3)12-17-20(25)23(21(29)30-17)9-7-5-6-8-18(24)27-4/h10-13H,5-9H2,1-4H3/b17-12-. The lowest BCUT2D eigenvalue weighted by atomic mass is 10.1. The van der Waals surface area contributed by atoms with Crippen molar-refractivity contribution in [2.24, 2.45) is 0 Å². The first-order valence-corrected chi connectivity index (χ1v) is 11.6. The maximum absolute atomic E-state index is 12.8. The van der Waals surface area contributed by atoms with Gasteiger partial charge in [-0.1, -0.05) is 30.4 Å². The van der Waals surface area contributed by atoms with Gasteiger partial charge in [-0.15, -0.1) is 0 Å². The predicted molar refractivity (Wildman–Crippen MR) is 127 cm³/mol. The number of benzene rings is 1. The lowest BCUT2D eigenvalue weighted by molar-refractivity contribution is -0.140. The van der Waals surface area contributed by atoms with Gasteiger partial charge in [0.1, 0.15) is 4.32 Å². The number of thioether (sulfide) groups is 1. The molecule has 1 saturated heterocycles. The van der Waals surface area contributed by atoms with Crippen molar-refractivity contribution in [2.75, 3.05) is 20.8 Å². The molecule has 2 rings (SSSR count). The minimum Gasteiger partial charge on any atom is -0.493 e. The zero-order valence-corrected chi connectivity index (χ0v) is 20.7. The second-order valence-electron chi connectivity index (χ2n) is 6.92. The van der Waals surface area contributed by atoms with Gasteiger partial charge in [0.05, 0.1) is 29.7 Å². The van der Waals surface area contributed by atoms with Crippen molar-refractivity contribution < 1.29 is 23.8 Å². The molecule has 1 aliphatic rings. The molecule has 0 aliphatic carbocycles. The van der Waals surface area contributed by atoms with E-state index in [4.69, 9.17) is 21.7 Å². The maximum Gasteiger partial charge on any atom is 0.305 e. The number of halogens is 1. The molecule has 6 nitrogen and oxygen atoms in total. The van der Waals surface area contributed by atoms with Crippen LogP contribution in [0.4, 0.5) is 0 Å². The predicted octanol–water partition coefficient (Wildman–Crippen LogP) is 5.18. The fourth-order valence-electron chi connectivity index (χ4n) is 2.84. The molecule has 1 aromatic carbocycles. The van der Waals surface area contributed by atoms with E-state index in [1.54, 1.807) is 12.0 Å². The molecule has 0 N–H and O–H groups in total. The molecule has 0 unspecified atom stereocenters. The number of amides is 1. The minimum absolute atomic E-state index is 0.00456. The van der Waals surface area contributed by atoms with Crippen molar-refractivity contribution in [3.8, 4) is 11.5 Å². The van der Waals surface area contributed by atoms with Gasteiger partial charge in [0, 0.05) is 13.0 Å². The van der Waals surface area contributed by atoms with Crippen molar-refractivity contribution >= 4 is 62.2 Å². The summed E-state index contributed by atoms with van der Waals surface area (Å²) in [6, 6.07) is 3.72. The van der Waals surface area contributed by atoms with E-state index < -0.39 is 0 Å². The number of esters is 1. The summed E-state index contributed by atoms with van der Waals surface area (Å²) in [6.07, 6.45) is 4.54. The SMILES string of the molecule is COC(=O)CCCCCN1C(=O)/C(=C/c2cc(Br)c(OC(C)C)c(OC)c2)SC1=S. The number of ether oxygens (including phenoxy) is 3. The molecule has 0 aromatic heterocycles. The first-order valence-electron chi connectivity index (χ1n) is 9.63. The highest BCUT2D eigenvalue weighted by Gasteiger charge is 2.31. The average Bonchev–Trinajstić information content (AvgIpc) is 2.96. The van der Waals surface area contributed by atoms with Gasteiger partial charge >= 0.3 is 5.97 Å². The van der Waals surface area contributed by atoms with Crippen LogP contribution in [0, 0.1) is 0 Å². The third kappa shape index (κ3) is 6.72. The Morgan fingerprint density at radius 2 is 2.00 bits per heavy atom. The van der Waals surface area contributed by atoms with E-state index in [0.29, 0.717) is 33.7 Å². The van der Waals surface area contributed by atoms with Crippen LogP contribution in [-0.2, 0) is 14.3 Å². The molecule has 0 saturated carbocycles. The number of hydrogen-bond acceptors (Lipinski definition) is 7. The molecule has 0 spiro atoms. The van der Waals surface area contributed by atoms with Crippen LogP contribution in [0.2, 0.25) is 0 Å². The molecule has 1 aromatic rings. The Balaban J connectivity index is 2.06. The Hall–Kier alpha value is -1.58. The number of rotatable bonds is 10. The van der Waals surface area contributed by atoms with Crippen molar-refractivity contribution in [1.82, 2.24) is 4.90 Å². The van der Waals surface area contributed by atoms with Gasteiger partial charge in [0.2, 0.25) is 0 Å². The number of methoxy groups -OCH3 is 2. The van der Waals surface area contributed by atoms with E-state index in [2.05, 4.69) is 20.7 Å². The smallest absolute Gasteiger partial charge is 0.305 e. The molecule has 0 atom stereocenters. The van der Waals surface area contributed by atoms with E-state index in [1.165, 1.54) is 18.9 Å². The van der Waals surface area contributed by atoms with Crippen molar-refractivity contribution in [3.05, 3.63) is 27.1 Å². The fraction of sp³-hybridized carbons (Fsp3) is 0.476. The number of thiocarbonyl (C=S) groups is 1. The van der Waals surface area contributed by atoms with E-state index in [9.17, 15) is 9.59 Å². The molecular formula is C21H26BrNO5S2. The van der Waals surface area contributed by atoms with Gasteiger partial charge in [-0.2, -0.15) is 0 Å². The molecule has 1 amide bonds. The summed E-state index contributed by atoms with van der Waals surface area (Å²) in [6.45, 7) is 4.43. The molecule has 1 fully saturated rings. The summed E-state index contributed by atoms with van der Waals surface area (Å²) < 4.78 is 17.2. The van der Waals surface area contributed by atoms with Crippen molar-refractivity contribution in [1.29, 1.82) is 0 Å². The second-order valence-corrected chi connectivity index (χ2v) is 9.45. The van der Waals surface area contributed by atoms with Gasteiger partial charge in [-0.3, -0.25) is 14.5 Å². The first kappa shape index (κ1) is 24.7. The van der Waals surface area contributed by atoms with Crippen molar-refractivity contribution in [2.45, 2.75) is 45.6 Å². The summed E-state index contributed by atoms with van der Waals surface area (Å²) in [5, 5.41) is 0. The first-order chi connectivity index (χ1) is 14.3. The van der Waals surface area contributed by atoms with E-state index in [-0.39, 0.29) is 18.0 Å². The number of hydrogen-bond donors (Lipinski definition) is 0. The summed E-state index contributed by atoms with van der Waals surface area (Å²) in [7, 11) is 2.96. The van der Waals surface area contributed by atoms with E-state index >= 15 is 0 Å². The highest BCUT2D eigenvalue weighted by atomic mass is 79.9. The van der Waals surface area contributed by atoms with Gasteiger partial charge in [-0.05, 0) is 66.4 Å². The van der Waals surface area contributed by atoms with Crippen LogP contribution < -0.4 is 9.47 Å². The number of nitrogens with zero attached hydrogens (tertiary/aromatic N) is 1. The zero-order valence-electron chi connectivity index (χ0n) is 17.5. The van der Waals surface area contributed by atoms with Crippen LogP contribution in [0.5, 0.6) is 11.5 Å². The lowest BCUT2D eigenvalue weighted by Gasteiger charge is -2.16. The molecule has 0 bridgehead atoms. The Bertz CT molecular complexity index is 841. The number of carbonyl (C=O) groups excluding carboxylic acids is 2. The number of unbranched alkanes of at least 4 members (excludes halogenated alkanes) is 2. The van der Waals surface area contributed by atoms with Gasteiger partial charge in [-0.25, -0.2) is 0 Å². The molecule has 30 heavy (non-hydrogen) atoms. The summed E-state index contributed by atoms with van der Waals surface area (Å²) in [5.74, 6) is 0.903. The van der Waals surface area contributed by atoms with E-state index in [1.807, 2.05) is 32.1 Å². The molecule has 1 heterocycles. The van der Waals surface area contributed by atoms with Gasteiger partial charge in [0.25, 0.3) is 5.91 Å². The van der Waals surface area contributed by atoms with Crippen molar-refractivity contribution in [3.63, 3.8) is 0 Å². The zero-order chi connectivity index (χ0) is 22.3. The molecular weight excluding hydrogens is 490 g/mol. The Labute approximate surface area is 195 Å². The van der Waals surface area contributed by atoms with Crippen LogP contribution in [0.15, 0.2) is 21.5 Å². The molecule has 164 valence electrons. The van der Waals surface area contributed by atoms with Crippen LogP contribution >= 0.6 is 39.9 Å². The largest absolute Gasteiger partial charge is 0.493 e. The van der Waals surface area contributed by atoms with Crippen LogP contribution in [0.1, 0.15) is 45.1 Å². The lowest BCUT2D eigenvalue weighted by Crippen LogP contribution is -2.29. The minimum atomic E-state index is -0.213. The topological polar surface area (TPSA) is 65.1 Å². The highest BCUT2D eigenvalue weighted by Crippen LogP contribution is 2.39. The number of carbonyl (C=O) groups is 2. The highest BCUT2D eigenvalue weighted by molar-refractivity contribution is 9.10. The van der Waals surface area contributed by atoms with Gasteiger partial charge in [0.15, 0.2) is 11.5 Å². The van der Waals surface area contributed by atoms with Crippen LogP contribution in [0.25, 0.3) is 6.08 Å². The second kappa shape index (κ2) is 11.7. The molecule has 1 aliphatic heterocycles. The summed E-state index contributed by atoms with van der Waals surface area (Å²) >= 11 is 10.2. The van der Waals surface area contributed by atoms with Crippen LogP contribution in [-0.4, -0.2) is 48.0 Å².